The van der Waals surface area contributed by atoms with Crippen molar-refractivity contribution < 1.29 is 24.5 Å². The monoisotopic (exact) mass is 264 g/mol. The Labute approximate surface area is 107 Å². The highest BCUT2D eigenvalue weighted by Crippen LogP contribution is 2.32. The molecular formula is C13H12O6. The van der Waals surface area contributed by atoms with E-state index in [1.807, 2.05) is 0 Å². The summed E-state index contributed by atoms with van der Waals surface area (Å²) in [5, 5.41) is 28.1. The van der Waals surface area contributed by atoms with Gasteiger partial charge < -0.3 is 19.7 Å². The summed E-state index contributed by atoms with van der Waals surface area (Å²) in [5.74, 6) is -1.45. The Kier molecular flexibility index (Phi) is 3.16. The Balaban J connectivity index is 2.67. The van der Waals surface area contributed by atoms with E-state index < -0.39 is 11.6 Å². The normalized spacial score (nSPS) is 10.8. The van der Waals surface area contributed by atoms with Crippen LogP contribution in [-0.2, 0) is 11.2 Å². The molecule has 1 heterocycles. The molecule has 0 aliphatic rings. The summed E-state index contributed by atoms with van der Waals surface area (Å²) < 4.78 is 5.00. The molecule has 6 heteroatoms. The minimum absolute atomic E-state index is 0.0275. The fourth-order valence-electron chi connectivity index (χ4n) is 2.03. The summed E-state index contributed by atoms with van der Waals surface area (Å²) in [6.07, 6.45) is -0.171. The van der Waals surface area contributed by atoms with Crippen LogP contribution in [0.4, 0.5) is 0 Å². The van der Waals surface area contributed by atoms with Crippen molar-refractivity contribution in [3.63, 3.8) is 0 Å². The summed E-state index contributed by atoms with van der Waals surface area (Å²) in [6.45, 7) is 1.60. The smallest absolute Gasteiger partial charge is 0.339 e. The summed E-state index contributed by atoms with van der Waals surface area (Å²) in [7, 11) is 0. The Morgan fingerprint density at radius 3 is 2.63 bits per heavy atom. The predicted molar refractivity (Wildman–Crippen MR) is 66.5 cm³/mol. The molecule has 2 aromatic rings. The number of benzene rings is 1. The van der Waals surface area contributed by atoms with Crippen LogP contribution in [0.5, 0.6) is 11.5 Å². The Morgan fingerprint density at radius 2 is 2.00 bits per heavy atom. The number of aromatic hydroxyl groups is 2. The average Bonchev–Trinajstić information content (AvgIpc) is 2.26. The van der Waals surface area contributed by atoms with Crippen LogP contribution in [0.2, 0.25) is 0 Å². The van der Waals surface area contributed by atoms with E-state index in [0.29, 0.717) is 10.9 Å². The van der Waals surface area contributed by atoms with Gasteiger partial charge in [0.1, 0.15) is 17.1 Å². The van der Waals surface area contributed by atoms with Crippen molar-refractivity contribution in [1.82, 2.24) is 0 Å². The fraction of sp³-hybridized carbons (Fsp3) is 0.231. The van der Waals surface area contributed by atoms with E-state index in [1.165, 1.54) is 6.07 Å². The molecule has 19 heavy (non-hydrogen) atoms. The first kappa shape index (κ1) is 12.9. The van der Waals surface area contributed by atoms with Crippen molar-refractivity contribution >= 4 is 16.9 Å². The first-order valence-corrected chi connectivity index (χ1v) is 5.60. The Hall–Kier alpha value is -2.50. The minimum atomic E-state index is -1.02. The zero-order valence-electron chi connectivity index (χ0n) is 10.1. The maximum Gasteiger partial charge on any atom is 0.339 e. The molecule has 0 aliphatic carbocycles. The SMILES string of the molecule is Cc1c(CCC(=O)O)c(=O)oc2cc(O)cc(O)c12. The van der Waals surface area contributed by atoms with Crippen LogP contribution in [-0.4, -0.2) is 21.3 Å². The van der Waals surface area contributed by atoms with Crippen molar-refractivity contribution in [1.29, 1.82) is 0 Å². The average molecular weight is 264 g/mol. The maximum absolute atomic E-state index is 11.8. The predicted octanol–water partition coefficient (Wildman–Crippen LogP) is 1.53. The second kappa shape index (κ2) is 4.64. The number of rotatable bonds is 3. The van der Waals surface area contributed by atoms with Crippen molar-refractivity contribution in [2.45, 2.75) is 19.8 Å². The molecule has 2 rings (SSSR count). The molecule has 0 bridgehead atoms. The van der Waals surface area contributed by atoms with Crippen molar-refractivity contribution in [2.75, 3.05) is 0 Å². The maximum atomic E-state index is 11.8. The van der Waals surface area contributed by atoms with Gasteiger partial charge in [0.05, 0.1) is 5.39 Å². The molecule has 0 saturated heterocycles. The summed E-state index contributed by atoms with van der Waals surface area (Å²) >= 11 is 0. The third-order valence-electron chi connectivity index (χ3n) is 2.93. The molecule has 0 radical (unpaired) electrons. The third-order valence-corrected chi connectivity index (χ3v) is 2.93. The van der Waals surface area contributed by atoms with E-state index >= 15 is 0 Å². The van der Waals surface area contributed by atoms with Crippen molar-refractivity contribution in [3.8, 4) is 11.5 Å². The number of carboxylic acid groups (broad SMARTS) is 1. The first-order valence-electron chi connectivity index (χ1n) is 5.60. The number of aryl methyl sites for hydroxylation is 1. The summed E-state index contributed by atoms with van der Waals surface area (Å²) in [6, 6.07) is 2.36. The number of phenolic OH excluding ortho intramolecular Hbond substituents is 2. The van der Waals surface area contributed by atoms with Crippen LogP contribution in [0.3, 0.4) is 0 Å². The van der Waals surface area contributed by atoms with Gasteiger partial charge in [-0.1, -0.05) is 0 Å². The van der Waals surface area contributed by atoms with Gasteiger partial charge in [0.15, 0.2) is 0 Å². The molecule has 1 aromatic carbocycles. The number of aliphatic carboxylic acids is 1. The van der Waals surface area contributed by atoms with Crippen LogP contribution >= 0.6 is 0 Å². The quantitative estimate of drug-likeness (QED) is 0.725. The standard InChI is InChI=1S/C13H12O6/c1-6-8(2-3-11(16)17)13(18)19-10-5-7(14)4-9(15)12(6)10/h4-5,14-15H,2-3H2,1H3,(H,16,17). The van der Waals surface area contributed by atoms with Crippen LogP contribution in [0.15, 0.2) is 21.3 Å². The topological polar surface area (TPSA) is 108 Å². The van der Waals surface area contributed by atoms with Crippen LogP contribution in [0, 0.1) is 6.92 Å². The molecule has 0 unspecified atom stereocenters. The minimum Gasteiger partial charge on any atom is -0.508 e. The Morgan fingerprint density at radius 1 is 1.32 bits per heavy atom. The van der Waals surface area contributed by atoms with Crippen LogP contribution in [0.25, 0.3) is 11.0 Å². The largest absolute Gasteiger partial charge is 0.508 e. The zero-order chi connectivity index (χ0) is 14.2. The van der Waals surface area contributed by atoms with Crippen LogP contribution < -0.4 is 5.63 Å². The first-order chi connectivity index (χ1) is 8.90. The van der Waals surface area contributed by atoms with Gasteiger partial charge in [-0.2, -0.15) is 0 Å². The van der Waals surface area contributed by atoms with E-state index in [0.717, 1.165) is 6.07 Å². The molecule has 0 fully saturated rings. The molecule has 100 valence electrons. The Bertz CT molecular complexity index is 713. The van der Waals surface area contributed by atoms with Crippen molar-refractivity contribution in [2.24, 2.45) is 0 Å². The fourth-order valence-corrected chi connectivity index (χ4v) is 2.03. The van der Waals surface area contributed by atoms with Crippen molar-refractivity contribution in [3.05, 3.63) is 33.7 Å². The second-order valence-electron chi connectivity index (χ2n) is 4.22. The molecule has 0 spiro atoms. The molecule has 0 amide bonds. The second-order valence-corrected chi connectivity index (χ2v) is 4.22. The lowest BCUT2D eigenvalue weighted by Crippen LogP contribution is -2.12. The van der Waals surface area contributed by atoms with E-state index in [4.69, 9.17) is 9.52 Å². The lowest BCUT2D eigenvalue weighted by Gasteiger charge is -2.08. The number of hydrogen-bond acceptors (Lipinski definition) is 5. The molecule has 6 nitrogen and oxygen atoms in total. The highest BCUT2D eigenvalue weighted by molar-refractivity contribution is 5.88. The highest BCUT2D eigenvalue weighted by Gasteiger charge is 2.16. The van der Waals surface area contributed by atoms with Gasteiger partial charge in [-0.3, -0.25) is 4.79 Å². The van der Waals surface area contributed by atoms with Gasteiger partial charge in [0.2, 0.25) is 0 Å². The summed E-state index contributed by atoms with van der Waals surface area (Å²) in [4.78, 5) is 22.3. The van der Waals surface area contributed by atoms with E-state index in [2.05, 4.69) is 0 Å². The molecule has 0 aliphatic heterocycles. The van der Waals surface area contributed by atoms with E-state index in [-0.39, 0.29) is 35.5 Å². The van der Waals surface area contributed by atoms with E-state index in [9.17, 15) is 19.8 Å². The number of phenols is 2. The lowest BCUT2D eigenvalue weighted by molar-refractivity contribution is -0.136. The molecule has 0 saturated carbocycles. The van der Waals surface area contributed by atoms with Gasteiger partial charge in [-0.05, 0) is 18.9 Å². The summed E-state index contributed by atoms with van der Waals surface area (Å²) in [5.41, 5.74) is 0.0937. The van der Waals surface area contributed by atoms with Gasteiger partial charge in [-0.15, -0.1) is 0 Å². The van der Waals surface area contributed by atoms with E-state index in [1.54, 1.807) is 6.92 Å². The molecule has 0 atom stereocenters. The lowest BCUT2D eigenvalue weighted by atomic mass is 10.0. The number of carbonyl (C=O) groups is 1. The molecular weight excluding hydrogens is 252 g/mol. The third kappa shape index (κ3) is 2.37. The number of hydrogen-bond donors (Lipinski definition) is 3. The number of carboxylic acids is 1. The molecule has 1 aromatic heterocycles. The van der Waals surface area contributed by atoms with Gasteiger partial charge in [-0.25, -0.2) is 4.79 Å². The van der Waals surface area contributed by atoms with Gasteiger partial charge in [0.25, 0.3) is 0 Å². The van der Waals surface area contributed by atoms with Gasteiger partial charge >= 0.3 is 11.6 Å². The number of fused-ring (bicyclic) bond motifs is 1. The van der Waals surface area contributed by atoms with Gasteiger partial charge in [0, 0.05) is 24.1 Å². The van der Waals surface area contributed by atoms with Crippen LogP contribution in [0.1, 0.15) is 17.5 Å². The zero-order valence-corrected chi connectivity index (χ0v) is 10.1. The molecule has 3 N–H and O–H groups in total. The highest BCUT2D eigenvalue weighted by atomic mass is 16.4.